The largest absolute Gasteiger partial charge is 0.377 e. The predicted molar refractivity (Wildman–Crippen MR) is 115 cm³/mol. The Morgan fingerprint density at radius 2 is 1.82 bits per heavy atom. The summed E-state index contributed by atoms with van der Waals surface area (Å²) in [4.78, 5) is 4.93. The zero-order valence-corrected chi connectivity index (χ0v) is 17.9. The second-order valence-electron chi connectivity index (χ2n) is 7.93. The van der Waals surface area contributed by atoms with Gasteiger partial charge >= 0.3 is 0 Å². The number of para-hydroxylation sites is 1. The van der Waals surface area contributed by atoms with Crippen molar-refractivity contribution in [2.45, 2.75) is 31.2 Å². The number of hydrogen-bond donors (Lipinski definition) is 1. The van der Waals surface area contributed by atoms with Gasteiger partial charge in [0.25, 0.3) is 0 Å². The average Bonchev–Trinajstić information content (AvgIpc) is 2.67. The monoisotopic (exact) mass is 401 g/mol. The molecule has 0 aliphatic carbocycles. The normalized spacial score (nSPS) is 18.2. The quantitative estimate of drug-likeness (QED) is 0.774. The first-order valence-corrected chi connectivity index (χ1v) is 11.4. The topological polar surface area (TPSA) is 52.7 Å². The Labute approximate surface area is 169 Å². The number of benzene rings is 2. The van der Waals surface area contributed by atoms with Crippen LogP contribution in [0.1, 0.15) is 24.0 Å². The summed E-state index contributed by atoms with van der Waals surface area (Å²) in [5.74, 6) is 0.334. The number of piperidine rings is 1. The van der Waals surface area contributed by atoms with E-state index in [0.29, 0.717) is 17.4 Å². The molecule has 1 atom stereocenters. The smallest absolute Gasteiger partial charge is 0.240 e. The van der Waals surface area contributed by atoms with Crippen LogP contribution in [0, 0.1) is 12.8 Å². The molecule has 5 nitrogen and oxygen atoms in total. The van der Waals surface area contributed by atoms with E-state index in [1.165, 1.54) is 11.3 Å². The highest BCUT2D eigenvalue weighted by Gasteiger charge is 2.23. The van der Waals surface area contributed by atoms with E-state index in [4.69, 9.17) is 0 Å². The van der Waals surface area contributed by atoms with Crippen molar-refractivity contribution in [3.8, 4) is 0 Å². The van der Waals surface area contributed by atoms with Gasteiger partial charge in [0.1, 0.15) is 0 Å². The van der Waals surface area contributed by atoms with Crippen LogP contribution < -0.4 is 9.62 Å². The minimum atomic E-state index is -3.45. The van der Waals surface area contributed by atoms with Gasteiger partial charge in [-0.3, -0.25) is 4.90 Å². The molecule has 1 aliphatic rings. The summed E-state index contributed by atoms with van der Waals surface area (Å²) in [6, 6.07) is 15.5. The molecule has 0 aromatic heterocycles. The maximum absolute atomic E-state index is 12.5. The van der Waals surface area contributed by atoms with Crippen molar-refractivity contribution in [1.82, 2.24) is 9.62 Å². The van der Waals surface area contributed by atoms with Gasteiger partial charge in [-0.25, -0.2) is 13.1 Å². The lowest BCUT2D eigenvalue weighted by Gasteiger charge is -2.33. The van der Waals surface area contributed by atoms with Crippen molar-refractivity contribution in [2.24, 2.45) is 5.92 Å². The summed E-state index contributed by atoms with van der Waals surface area (Å²) in [5, 5.41) is 0. The second-order valence-corrected chi connectivity index (χ2v) is 9.70. The van der Waals surface area contributed by atoms with E-state index in [9.17, 15) is 8.42 Å². The molecule has 2 aromatic rings. The fraction of sp³-hybridized carbons (Fsp3) is 0.455. The van der Waals surface area contributed by atoms with Gasteiger partial charge in [0.05, 0.1) is 4.90 Å². The Balaban J connectivity index is 1.59. The summed E-state index contributed by atoms with van der Waals surface area (Å²) >= 11 is 0. The Kier molecular flexibility index (Phi) is 6.75. The number of hydrogen-bond acceptors (Lipinski definition) is 4. The molecule has 0 radical (unpaired) electrons. The van der Waals surface area contributed by atoms with Crippen LogP contribution in [-0.2, 0) is 16.6 Å². The molecule has 0 saturated carbocycles. The van der Waals surface area contributed by atoms with Crippen molar-refractivity contribution in [1.29, 1.82) is 0 Å². The molecule has 152 valence electrons. The van der Waals surface area contributed by atoms with Crippen LogP contribution in [0.2, 0.25) is 0 Å². The highest BCUT2D eigenvalue weighted by Crippen LogP contribution is 2.23. The predicted octanol–water partition coefficient (Wildman–Crippen LogP) is 3.25. The zero-order valence-electron chi connectivity index (χ0n) is 17.1. The molecule has 6 heteroatoms. The van der Waals surface area contributed by atoms with E-state index in [1.807, 2.05) is 19.1 Å². The number of anilines is 1. The number of sulfonamides is 1. The molecule has 28 heavy (non-hydrogen) atoms. The van der Waals surface area contributed by atoms with Gasteiger partial charge in [-0.1, -0.05) is 35.9 Å². The van der Waals surface area contributed by atoms with Crippen molar-refractivity contribution in [2.75, 3.05) is 38.6 Å². The molecule has 1 heterocycles. The number of likely N-dealkylation sites (tertiary alicyclic amines) is 1. The molecule has 1 fully saturated rings. The van der Waals surface area contributed by atoms with Crippen LogP contribution in [-0.4, -0.2) is 47.0 Å². The summed E-state index contributed by atoms with van der Waals surface area (Å²) in [6.07, 6.45) is 2.16. The van der Waals surface area contributed by atoms with Crippen LogP contribution in [0.5, 0.6) is 0 Å². The summed E-state index contributed by atoms with van der Waals surface area (Å²) in [5.41, 5.74) is 3.61. The van der Waals surface area contributed by atoms with Gasteiger partial charge in [0.2, 0.25) is 10.0 Å². The van der Waals surface area contributed by atoms with E-state index < -0.39 is 10.0 Å². The van der Waals surface area contributed by atoms with Gasteiger partial charge in [-0.2, -0.15) is 0 Å². The third-order valence-corrected chi connectivity index (χ3v) is 6.80. The Bertz CT molecular complexity index is 879. The Hall–Kier alpha value is -1.89. The first-order chi connectivity index (χ1) is 13.3. The van der Waals surface area contributed by atoms with Crippen LogP contribution in [0.25, 0.3) is 0 Å². The zero-order chi connectivity index (χ0) is 20.1. The maximum Gasteiger partial charge on any atom is 0.240 e. The minimum absolute atomic E-state index is 0.334. The lowest BCUT2D eigenvalue weighted by atomic mass is 9.97. The molecule has 2 aromatic carbocycles. The fourth-order valence-corrected chi connectivity index (χ4v) is 4.93. The van der Waals surface area contributed by atoms with Crippen LogP contribution >= 0.6 is 0 Å². The number of aryl methyl sites for hydroxylation is 1. The van der Waals surface area contributed by atoms with Crippen molar-refractivity contribution >= 4 is 15.7 Å². The Morgan fingerprint density at radius 3 is 2.54 bits per heavy atom. The highest BCUT2D eigenvalue weighted by atomic mass is 32.2. The van der Waals surface area contributed by atoms with E-state index in [0.717, 1.165) is 38.0 Å². The fourth-order valence-electron chi connectivity index (χ4n) is 3.81. The highest BCUT2D eigenvalue weighted by molar-refractivity contribution is 7.89. The third-order valence-electron chi connectivity index (χ3n) is 5.36. The van der Waals surface area contributed by atoms with Crippen molar-refractivity contribution < 1.29 is 8.42 Å². The van der Waals surface area contributed by atoms with Gasteiger partial charge in [-0.05, 0) is 56.0 Å². The lowest BCUT2D eigenvalue weighted by Crippen LogP contribution is -2.40. The standard InChI is InChI=1S/C22H31N3O2S/c1-18-10-12-21(13-11-18)28(26,27)23-15-19-7-6-14-25(16-19)17-20-8-4-5-9-22(20)24(2)3/h4-5,8-13,19,23H,6-7,14-17H2,1-3H3. The van der Waals surface area contributed by atoms with E-state index in [1.54, 1.807) is 12.1 Å². The summed E-state index contributed by atoms with van der Waals surface area (Å²) < 4.78 is 27.9. The van der Waals surface area contributed by atoms with Gasteiger partial charge < -0.3 is 4.90 Å². The molecule has 1 N–H and O–H groups in total. The summed E-state index contributed by atoms with van der Waals surface area (Å²) in [6.45, 7) is 5.31. The van der Waals surface area contributed by atoms with Gasteiger partial charge in [0, 0.05) is 39.4 Å². The average molecular weight is 402 g/mol. The van der Waals surface area contributed by atoms with Crippen molar-refractivity contribution in [3.63, 3.8) is 0 Å². The molecule has 1 aliphatic heterocycles. The first kappa shape index (κ1) is 20.8. The van der Waals surface area contributed by atoms with E-state index >= 15 is 0 Å². The van der Waals surface area contributed by atoms with Gasteiger partial charge in [-0.15, -0.1) is 0 Å². The Morgan fingerprint density at radius 1 is 1.11 bits per heavy atom. The molecule has 1 saturated heterocycles. The molecular formula is C22H31N3O2S. The first-order valence-electron chi connectivity index (χ1n) is 9.89. The number of nitrogens with zero attached hydrogens (tertiary/aromatic N) is 2. The second kappa shape index (κ2) is 9.07. The van der Waals surface area contributed by atoms with Crippen LogP contribution in [0.4, 0.5) is 5.69 Å². The third kappa shape index (κ3) is 5.34. The molecule has 0 spiro atoms. The van der Waals surface area contributed by atoms with Gasteiger partial charge in [0.15, 0.2) is 0 Å². The minimum Gasteiger partial charge on any atom is -0.377 e. The van der Waals surface area contributed by atoms with Crippen molar-refractivity contribution in [3.05, 3.63) is 59.7 Å². The SMILES string of the molecule is Cc1ccc(S(=O)(=O)NCC2CCCN(Cc3ccccc3N(C)C)C2)cc1. The molecular weight excluding hydrogens is 370 g/mol. The summed E-state index contributed by atoms with van der Waals surface area (Å²) in [7, 11) is 0.688. The van der Waals surface area contributed by atoms with E-state index in [-0.39, 0.29) is 0 Å². The lowest BCUT2D eigenvalue weighted by molar-refractivity contribution is 0.169. The molecule has 0 bridgehead atoms. The van der Waals surface area contributed by atoms with Crippen LogP contribution in [0.15, 0.2) is 53.4 Å². The molecule has 3 rings (SSSR count). The molecule has 1 unspecified atom stereocenters. The van der Waals surface area contributed by atoms with Crippen LogP contribution in [0.3, 0.4) is 0 Å². The maximum atomic E-state index is 12.5. The number of nitrogens with one attached hydrogen (secondary N) is 1. The number of rotatable bonds is 7. The van der Waals surface area contributed by atoms with E-state index in [2.05, 4.69) is 52.9 Å². The molecule has 0 amide bonds.